The van der Waals surface area contributed by atoms with E-state index in [-0.39, 0.29) is 6.04 Å². The van der Waals surface area contributed by atoms with E-state index in [0.717, 1.165) is 48.7 Å². The minimum atomic E-state index is -0.0522. The summed E-state index contributed by atoms with van der Waals surface area (Å²) in [5, 5.41) is 4.61. The standard InChI is InChI=1S/C16H22N4O/c1-3-13-10-14(20(4-2)19-13)16(18-17)12-5-6-15-11(9-12)7-8-21-15/h5-6,9-10,16,18H,3-4,7-8,17H2,1-2H3. The molecule has 21 heavy (non-hydrogen) atoms. The molecule has 1 aromatic carbocycles. The Morgan fingerprint density at radius 2 is 2.24 bits per heavy atom. The lowest BCUT2D eigenvalue weighted by molar-refractivity contribution is 0.356. The average molecular weight is 286 g/mol. The van der Waals surface area contributed by atoms with Crippen LogP contribution in [0.15, 0.2) is 24.3 Å². The topological polar surface area (TPSA) is 65.1 Å². The van der Waals surface area contributed by atoms with Crippen LogP contribution in [0.4, 0.5) is 0 Å². The van der Waals surface area contributed by atoms with Crippen molar-refractivity contribution in [2.45, 2.75) is 39.3 Å². The molecule has 0 amide bonds. The van der Waals surface area contributed by atoms with E-state index >= 15 is 0 Å². The van der Waals surface area contributed by atoms with Crippen molar-refractivity contribution in [1.29, 1.82) is 0 Å². The highest BCUT2D eigenvalue weighted by Crippen LogP contribution is 2.30. The first-order chi connectivity index (χ1) is 10.3. The van der Waals surface area contributed by atoms with Gasteiger partial charge in [-0.15, -0.1) is 0 Å². The summed E-state index contributed by atoms with van der Waals surface area (Å²) >= 11 is 0. The molecular weight excluding hydrogens is 264 g/mol. The van der Waals surface area contributed by atoms with Gasteiger partial charge in [-0.1, -0.05) is 13.0 Å². The number of hydrogen-bond donors (Lipinski definition) is 2. The maximum atomic E-state index is 5.83. The number of hydrogen-bond acceptors (Lipinski definition) is 4. The Kier molecular flexibility index (Phi) is 3.94. The van der Waals surface area contributed by atoms with Gasteiger partial charge in [0.15, 0.2) is 0 Å². The Balaban J connectivity index is 2.00. The summed E-state index contributed by atoms with van der Waals surface area (Å²) in [5.74, 6) is 6.83. The predicted molar refractivity (Wildman–Crippen MR) is 82.1 cm³/mol. The quantitative estimate of drug-likeness (QED) is 0.651. The number of nitrogens with zero attached hydrogens (tertiary/aromatic N) is 2. The van der Waals surface area contributed by atoms with Crippen LogP contribution < -0.4 is 16.0 Å². The van der Waals surface area contributed by atoms with Gasteiger partial charge in [0.2, 0.25) is 0 Å². The molecule has 2 heterocycles. The van der Waals surface area contributed by atoms with E-state index in [4.69, 9.17) is 10.6 Å². The van der Waals surface area contributed by atoms with Crippen LogP contribution in [0, 0.1) is 0 Å². The van der Waals surface area contributed by atoms with Gasteiger partial charge in [0, 0.05) is 13.0 Å². The van der Waals surface area contributed by atoms with Crippen molar-refractivity contribution in [2.75, 3.05) is 6.61 Å². The highest BCUT2D eigenvalue weighted by Gasteiger charge is 2.21. The van der Waals surface area contributed by atoms with Gasteiger partial charge in [0.25, 0.3) is 0 Å². The van der Waals surface area contributed by atoms with Gasteiger partial charge in [0.1, 0.15) is 5.75 Å². The largest absolute Gasteiger partial charge is 0.493 e. The predicted octanol–water partition coefficient (Wildman–Crippen LogP) is 1.95. The maximum Gasteiger partial charge on any atom is 0.122 e. The lowest BCUT2D eigenvalue weighted by atomic mass is 10.00. The molecule has 0 radical (unpaired) electrons. The Bertz CT molecular complexity index is 635. The second kappa shape index (κ2) is 5.87. The molecule has 1 unspecified atom stereocenters. The number of nitrogens with one attached hydrogen (secondary N) is 1. The highest BCUT2D eigenvalue weighted by molar-refractivity contribution is 5.42. The molecule has 0 fully saturated rings. The normalized spacial score (nSPS) is 14.8. The number of benzene rings is 1. The Morgan fingerprint density at radius 1 is 1.38 bits per heavy atom. The van der Waals surface area contributed by atoms with Gasteiger partial charge in [0.05, 0.1) is 24.0 Å². The van der Waals surface area contributed by atoms with Crippen molar-refractivity contribution in [2.24, 2.45) is 5.84 Å². The first-order valence-corrected chi connectivity index (χ1v) is 7.55. The molecule has 5 heteroatoms. The second-order valence-electron chi connectivity index (χ2n) is 5.30. The summed E-state index contributed by atoms with van der Waals surface area (Å²) in [6.07, 6.45) is 1.89. The van der Waals surface area contributed by atoms with Crippen LogP contribution in [0.5, 0.6) is 5.75 Å². The third-order valence-corrected chi connectivity index (χ3v) is 4.03. The van der Waals surface area contributed by atoms with Crippen molar-refractivity contribution in [3.05, 3.63) is 46.8 Å². The summed E-state index contributed by atoms with van der Waals surface area (Å²) in [4.78, 5) is 0. The van der Waals surface area contributed by atoms with E-state index in [2.05, 4.69) is 42.6 Å². The third kappa shape index (κ3) is 2.54. The minimum Gasteiger partial charge on any atom is -0.493 e. The maximum absolute atomic E-state index is 5.83. The number of ether oxygens (including phenoxy) is 1. The first-order valence-electron chi connectivity index (χ1n) is 7.55. The first kappa shape index (κ1) is 14.1. The van der Waals surface area contributed by atoms with E-state index in [0.29, 0.717) is 0 Å². The number of aryl methyl sites for hydroxylation is 2. The van der Waals surface area contributed by atoms with Gasteiger partial charge in [-0.25, -0.2) is 5.43 Å². The van der Waals surface area contributed by atoms with Crippen molar-refractivity contribution in [3.8, 4) is 5.75 Å². The number of aromatic nitrogens is 2. The fraction of sp³-hybridized carbons (Fsp3) is 0.438. The Labute approximate surface area is 125 Å². The molecule has 1 aromatic heterocycles. The van der Waals surface area contributed by atoms with Crippen molar-refractivity contribution >= 4 is 0 Å². The van der Waals surface area contributed by atoms with Gasteiger partial charge >= 0.3 is 0 Å². The molecule has 1 aliphatic heterocycles. The zero-order valence-electron chi connectivity index (χ0n) is 12.6. The third-order valence-electron chi connectivity index (χ3n) is 4.03. The molecule has 3 rings (SSSR count). The molecular formula is C16H22N4O. The SMILES string of the molecule is CCc1cc(C(NN)c2ccc3c(c2)CCO3)n(CC)n1. The van der Waals surface area contributed by atoms with Gasteiger partial charge in [-0.3, -0.25) is 10.5 Å². The van der Waals surface area contributed by atoms with Gasteiger partial charge < -0.3 is 4.74 Å². The van der Waals surface area contributed by atoms with Crippen LogP contribution in [-0.2, 0) is 19.4 Å². The number of rotatable bonds is 5. The average Bonchev–Trinajstić information content (AvgIpc) is 3.13. The van der Waals surface area contributed by atoms with Crippen LogP contribution in [0.2, 0.25) is 0 Å². The smallest absolute Gasteiger partial charge is 0.122 e. The van der Waals surface area contributed by atoms with E-state index in [1.807, 2.05) is 10.7 Å². The number of hydrazine groups is 1. The molecule has 3 N–H and O–H groups in total. The summed E-state index contributed by atoms with van der Waals surface area (Å²) in [6, 6.07) is 8.38. The molecule has 0 aliphatic carbocycles. The molecule has 0 saturated heterocycles. The van der Waals surface area contributed by atoms with Crippen LogP contribution in [0.25, 0.3) is 0 Å². The van der Waals surface area contributed by atoms with E-state index in [1.54, 1.807) is 0 Å². The number of fused-ring (bicyclic) bond motifs is 1. The fourth-order valence-corrected chi connectivity index (χ4v) is 2.88. The molecule has 2 aromatic rings. The lowest BCUT2D eigenvalue weighted by Gasteiger charge is -2.18. The highest BCUT2D eigenvalue weighted by atomic mass is 16.5. The zero-order chi connectivity index (χ0) is 14.8. The molecule has 5 nitrogen and oxygen atoms in total. The molecule has 0 saturated carbocycles. The second-order valence-corrected chi connectivity index (χ2v) is 5.30. The Hall–Kier alpha value is -1.85. The van der Waals surface area contributed by atoms with Crippen molar-refractivity contribution < 1.29 is 4.74 Å². The molecule has 1 aliphatic rings. The molecule has 0 bridgehead atoms. The van der Waals surface area contributed by atoms with Gasteiger partial charge in [-0.05, 0) is 42.7 Å². The van der Waals surface area contributed by atoms with E-state index in [1.165, 1.54) is 5.56 Å². The summed E-state index contributed by atoms with van der Waals surface area (Å²) in [5.41, 5.74) is 7.54. The van der Waals surface area contributed by atoms with Crippen molar-refractivity contribution in [3.63, 3.8) is 0 Å². The van der Waals surface area contributed by atoms with Crippen LogP contribution >= 0.6 is 0 Å². The summed E-state index contributed by atoms with van der Waals surface area (Å²) in [6.45, 7) is 5.82. The van der Waals surface area contributed by atoms with E-state index < -0.39 is 0 Å². The van der Waals surface area contributed by atoms with Crippen LogP contribution in [0.3, 0.4) is 0 Å². The van der Waals surface area contributed by atoms with Gasteiger partial charge in [-0.2, -0.15) is 5.10 Å². The number of nitrogens with two attached hydrogens (primary N) is 1. The van der Waals surface area contributed by atoms with Crippen LogP contribution in [-0.4, -0.2) is 16.4 Å². The zero-order valence-corrected chi connectivity index (χ0v) is 12.6. The lowest BCUT2D eigenvalue weighted by Crippen LogP contribution is -2.30. The Morgan fingerprint density at radius 3 is 2.95 bits per heavy atom. The van der Waals surface area contributed by atoms with Crippen molar-refractivity contribution in [1.82, 2.24) is 15.2 Å². The molecule has 1 atom stereocenters. The van der Waals surface area contributed by atoms with E-state index in [9.17, 15) is 0 Å². The van der Waals surface area contributed by atoms with Crippen LogP contribution in [0.1, 0.15) is 42.4 Å². The summed E-state index contributed by atoms with van der Waals surface area (Å²) < 4.78 is 7.59. The monoisotopic (exact) mass is 286 g/mol. The molecule has 112 valence electrons. The summed E-state index contributed by atoms with van der Waals surface area (Å²) in [7, 11) is 0. The molecule has 0 spiro atoms. The minimum absolute atomic E-state index is 0.0522. The fourth-order valence-electron chi connectivity index (χ4n) is 2.88.